The molecule has 0 radical (unpaired) electrons. The lowest BCUT2D eigenvalue weighted by Crippen LogP contribution is -2.59. The standard InChI is InChI=1S/C15H28N4/c1-4-19-11-10-17-14(19)12-13(16)15(18(2)3)8-6-5-7-9-15/h10-11,13H,4-9,12,16H2,1-3H3. The summed E-state index contributed by atoms with van der Waals surface area (Å²) in [6.07, 6.45) is 11.2. The van der Waals surface area contributed by atoms with Crippen LogP contribution in [0.3, 0.4) is 0 Å². The summed E-state index contributed by atoms with van der Waals surface area (Å²) in [5.41, 5.74) is 6.76. The van der Waals surface area contributed by atoms with Crippen molar-refractivity contribution in [1.82, 2.24) is 14.5 Å². The molecule has 1 atom stereocenters. The molecule has 0 aliphatic heterocycles. The maximum atomic E-state index is 6.60. The summed E-state index contributed by atoms with van der Waals surface area (Å²) in [6.45, 7) is 3.12. The molecule has 0 bridgehead atoms. The third-order valence-corrected chi connectivity index (χ3v) is 4.85. The largest absolute Gasteiger partial charge is 0.335 e. The Morgan fingerprint density at radius 2 is 2.05 bits per heavy atom. The Labute approximate surface area is 117 Å². The van der Waals surface area contributed by atoms with E-state index in [1.54, 1.807) is 0 Å². The van der Waals surface area contributed by atoms with Gasteiger partial charge in [-0.2, -0.15) is 0 Å². The Kier molecular flexibility index (Phi) is 4.63. The minimum atomic E-state index is 0.156. The number of nitrogens with two attached hydrogens (primary N) is 1. The van der Waals surface area contributed by atoms with Crippen molar-refractivity contribution in [2.75, 3.05) is 14.1 Å². The van der Waals surface area contributed by atoms with Gasteiger partial charge in [-0.1, -0.05) is 19.3 Å². The van der Waals surface area contributed by atoms with E-state index in [1.165, 1.54) is 32.1 Å². The van der Waals surface area contributed by atoms with E-state index in [0.29, 0.717) is 0 Å². The second kappa shape index (κ2) is 6.06. The number of likely N-dealkylation sites (N-methyl/N-ethyl adjacent to an activating group) is 1. The summed E-state index contributed by atoms with van der Waals surface area (Å²) < 4.78 is 2.20. The van der Waals surface area contributed by atoms with E-state index < -0.39 is 0 Å². The van der Waals surface area contributed by atoms with E-state index in [4.69, 9.17) is 5.73 Å². The summed E-state index contributed by atoms with van der Waals surface area (Å²) in [6, 6.07) is 0.162. The van der Waals surface area contributed by atoms with E-state index in [-0.39, 0.29) is 11.6 Å². The van der Waals surface area contributed by atoms with Gasteiger partial charge in [-0.15, -0.1) is 0 Å². The van der Waals surface area contributed by atoms with Gasteiger partial charge in [-0.05, 0) is 33.9 Å². The highest BCUT2D eigenvalue weighted by Crippen LogP contribution is 2.35. The number of aromatic nitrogens is 2. The second-order valence-electron chi connectivity index (χ2n) is 6.00. The first kappa shape index (κ1) is 14.5. The molecule has 0 saturated heterocycles. The van der Waals surface area contributed by atoms with Crippen LogP contribution in [-0.4, -0.2) is 40.1 Å². The number of nitrogens with zero attached hydrogens (tertiary/aromatic N) is 3. The lowest BCUT2D eigenvalue weighted by Gasteiger charge is -2.47. The Morgan fingerprint density at radius 3 is 2.63 bits per heavy atom. The maximum Gasteiger partial charge on any atom is 0.110 e. The van der Waals surface area contributed by atoms with Gasteiger partial charge in [0.1, 0.15) is 5.82 Å². The first-order valence-electron chi connectivity index (χ1n) is 7.53. The van der Waals surface area contributed by atoms with Crippen molar-refractivity contribution < 1.29 is 0 Å². The smallest absolute Gasteiger partial charge is 0.110 e. The fourth-order valence-electron chi connectivity index (χ4n) is 3.52. The normalized spacial score (nSPS) is 20.7. The molecule has 4 nitrogen and oxygen atoms in total. The molecule has 1 heterocycles. The zero-order valence-electron chi connectivity index (χ0n) is 12.6. The molecule has 0 spiro atoms. The number of hydrogen-bond acceptors (Lipinski definition) is 3. The average Bonchev–Trinajstić information content (AvgIpc) is 2.86. The molecule has 2 N–H and O–H groups in total. The van der Waals surface area contributed by atoms with Gasteiger partial charge in [0.05, 0.1) is 0 Å². The Hall–Kier alpha value is -0.870. The fourth-order valence-corrected chi connectivity index (χ4v) is 3.52. The minimum Gasteiger partial charge on any atom is -0.335 e. The van der Waals surface area contributed by atoms with E-state index in [9.17, 15) is 0 Å². The fraction of sp³-hybridized carbons (Fsp3) is 0.800. The molecule has 19 heavy (non-hydrogen) atoms. The predicted molar refractivity (Wildman–Crippen MR) is 79.1 cm³/mol. The Morgan fingerprint density at radius 1 is 1.37 bits per heavy atom. The zero-order chi connectivity index (χ0) is 13.9. The highest BCUT2D eigenvalue weighted by Gasteiger charge is 2.40. The number of imidazole rings is 1. The average molecular weight is 264 g/mol. The summed E-state index contributed by atoms with van der Waals surface area (Å²) in [5, 5.41) is 0. The van der Waals surface area contributed by atoms with Gasteiger partial charge in [0.15, 0.2) is 0 Å². The van der Waals surface area contributed by atoms with Crippen LogP contribution in [0.15, 0.2) is 12.4 Å². The van der Waals surface area contributed by atoms with Crippen LogP contribution in [0.4, 0.5) is 0 Å². The first-order chi connectivity index (χ1) is 9.10. The molecule has 1 aliphatic rings. The van der Waals surface area contributed by atoms with Crippen LogP contribution in [0.2, 0.25) is 0 Å². The number of rotatable bonds is 5. The summed E-state index contributed by atoms with van der Waals surface area (Å²) >= 11 is 0. The summed E-state index contributed by atoms with van der Waals surface area (Å²) in [4.78, 5) is 6.83. The molecule has 1 aliphatic carbocycles. The van der Waals surface area contributed by atoms with Crippen LogP contribution in [0, 0.1) is 0 Å². The molecule has 4 heteroatoms. The third kappa shape index (κ3) is 2.84. The molecule has 1 saturated carbocycles. The molecular formula is C15H28N4. The lowest BCUT2D eigenvalue weighted by molar-refractivity contribution is 0.0706. The van der Waals surface area contributed by atoms with Gasteiger partial charge < -0.3 is 15.2 Å². The van der Waals surface area contributed by atoms with Gasteiger partial charge in [0.25, 0.3) is 0 Å². The summed E-state index contributed by atoms with van der Waals surface area (Å²) in [7, 11) is 4.36. The number of hydrogen-bond donors (Lipinski definition) is 1. The third-order valence-electron chi connectivity index (χ3n) is 4.85. The second-order valence-corrected chi connectivity index (χ2v) is 6.00. The van der Waals surface area contributed by atoms with Crippen molar-refractivity contribution in [2.45, 2.75) is 63.6 Å². The molecule has 1 fully saturated rings. The molecule has 0 amide bonds. The Balaban J connectivity index is 2.14. The number of aryl methyl sites for hydroxylation is 1. The van der Waals surface area contributed by atoms with Crippen LogP contribution in [0.25, 0.3) is 0 Å². The summed E-state index contributed by atoms with van der Waals surface area (Å²) in [5.74, 6) is 1.13. The van der Waals surface area contributed by atoms with Crippen LogP contribution >= 0.6 is 0 Å². The van der Waals surface area contributed by atoms with Crippen molar-refractivity contribution in [3.8, 4) is 0 Å². The van der Waals surface area contributed by atoms with Crippen molar-refractivity contribution in [3.05, 3.63) is 18.2 Å². The predicted octanol–water partition coefficient (Wildman–Crippen LogP) is 2.04. The Bertz CT molecular complexity index is 391. The molecule has 0 aromatic carbocycles. The quantitative estimate of drug-likeness (QED) is 0.885. The van der Waals surface area contributed by atoms with Crippen molar-refractivity contribution in [1.29, 1.82) is 0 Å². The SMILES string of the molecule is CCn1ccnc1CC(N)C1(N(C)C)CCCCC1. The molecule has 1 aromatic heterocycles. The van der Waals surface area contributed by atoms with E-state index in [2.05, 4.69) is 35.5 Å². The van der Waals surface area contributed by atoms with Crippen molar-refractivity contribution in [3.63, 3.8) is 0 Å². The molecule has 2 rings (SSSR count). The molecule has 108 valence electrons. The van der Waals surface area contributed by atoms with E-state index in [1.807, 2.05) is 12.4 Å². The topological polar surface area (TPSA) is 47.1 Å². The van der Waals surface area contributed by atoms with Crippen LogP contribution in [0.1, 0.15) is 44.9 Å². The van der Waals surface area contributed by atoms with E-state index >= 15 is 0 Å². The molecule has 1 unspecified atom stereocenters. The molecule has 1 aromatic rings. The van der Waals surface area contributed by atoms with Gasteiger partial charge in [0, 0.05) is 36.9 Å². The maximum absolute atomic E-state index is 6.60. The lowest BCUT2D eigenvalue weighted by atomic mass is 9.74. The highest BCUT2D eigenvalue weighted by atomic mass is 15.2. The van der Waals surface area contributed by atoms with E-state index in [0.717, 1.165) is 18.8 Å². The van der Waals surface area contributed by atoms with Gasteiger partial charge in [0.2, 0.25) is 0 Å². The van der Waals surface area contributed by atoms with Crippen LogP contribution in [-0.2, 0) is 13.0 Å². The van der Waals surface area contributed by atoms with Crippen LogP contribution < -0.4 is 5.73 Å². The highest BCUT2D eigenvalue weighted by molar-refractivity contribution is 5.05. The van der Waals surface area contributed by atoms with Crippen molar-refractivity contribution in [2.24, 2.45) is 5.73 Å². The van der Waals surface area contributed by atoms with Crippen LogP contribution in [0.5, 0.6) is 0 Å². The van der Waals surface area contributed by atoms with Gasteiger partial charge in [-0.25, -0.2) is 4.98 Å². The minimum absolute atomic E-state index is 0.156. The van der Waals surface area contributed by atoms with Gasteiger partial charge >= 0.3 is 0 Å². The van der Waals surface area contributed by atoms with Gasteiger partial charge in [-0.3, -0.25) is 0 Å². The zero-order valence-corrected chi connectivity index (χ0v) is 12.6. The molecular weight excluding hydrogens is 236 g/mol. The monoisotopic (exact) mass is 264 g/mol. The first-order valence-corrected chi connectivity index (χ1v) is 7.53. The van der Waals surface area contributed by atoms with Crippen molar-refractivity contribution >= 4 is 0 Å².